The Morgan fingerprint density at radius 1 is 1.05 bits per heavy atom. The van der Waals surface area contributed by atoms with Gasteiger partial charge in [0, 0.05) is 11.7 Å². The third-order valence-electron chi connectivity index (χ3n) is 3.81. The molecule has 3 rings (SSSR count). The summed E-state index contributed by atoms with van der Waals surface area (Å²) in [5.41, 5.74) is -0.528. The summed E-state index contributed by atoms with van der Waals surface area (Å²) in [6.45, 7) is 7.62. The average molecular weight is 285 g/mol. The first kappa shape index (κ1) is 13.6. The van der Waals surface area contributed by atoms with Crippen LogP contribution in [-0.2, 0) is 9.31 Å². The van der Waals surface area contributed by atoms with Crippen LogP contribution in [0.15, 0.2) is 12.3 Å². The molecule has 0 radical (unpaired) electrons. The molecule has 0 N–H and O–H groups in total. The maximum Gasteiger partial charge on any atom is 0.587 e. The second-order valence-corrected chi connectivity index (χ2v) is 5.83. The molecule has 2 aliphatic rings. The summed E-state index contributed by atoms with van der Waals surface area (Å²) >= 11 is 0. The van der Waals surface area contributed by atoms with E-state index in [2.05, 4.69) is 14.5 Å². The molecular weight excluding hydrogens is 271 g/mol. The van der Waals surface area contributed by atoms with Crippen LogP contribution in [0.5, 0.6) is 11.6 Å². The van der Waals surface area contributed by atoms with Gasteiger partial charge in [-0.1, -0.05) is 0 Å². The highest BCUT2D eigenvalue weighted by atomic mass is 19.3. The first-order valence-corrected chi connectivity index (χ1v) is 6.21. The third kappa shape index (κ3) is 2.03. The lowest BCUT2D eigenvalue weighted by atomic mass is 9.80. The number of rotatable bonds is 1. The van der Waals surface area contributed by atoms with Gasteiger partial charge in [-0.3, -0.25) is 0 Å². The number of pyridine rings is 1. The van der Waals surface area contributed by atoms with Gasteiger partial charge in [0.05, 0.1) is 11.2 Å². The monoisotopic (exact) mass is 285 g/mol. The SMILES string of the molecule is CC1(C)OB(c2cnc3c(c2)OC(F)(F)O3)OC1(C)C. The van der Waals surface area contributed by atoms with Gasteiger partial charge >= 0.3 is 13.4 Å². The number of fused-ring (bicyclic) bond motifs is 1. The molecule has 1 aromatic rings. The predicted octanol–water partition coefficient (Wildman–Crippen LogP) is 1.70. The van der Waals surface area contributed by atoms with Crippen LogP contribution in [0.4, 0.5) is 8.78 Å². The molecule has 0 spiro atoms. The third-order valence-corrected chi connectivity index (χ3v) is 3.81. The van der Waals surface area contributed by atoms with E-state index in [1.54, 1.807) is 0 Å². The zero-order valence-electron chi connectivity index (χ0n) is 11.6. The first-order valence-electron chi connectivity index (χ1n) is 6.21. The fourth-order valence-corrected chi connectivity index (χ4v) is 1.97. The molecule has 0 bridgehead atoms. The maximum absolute atomic E-state index is 12.9. The van der Waals surface area contributed by atoms with Crippen LogP contribution >= 0.6 is 0 Å². The van der Waals surface area contributed by atoms with Gasteiger partial charge in [-0.2, -0.15) is 0 Å². The van der Waals surface area contributed by atoms with E-state index in [0.717, 1.165) is 0 Å². The highest BCUT2D eigenvalue weighted by molar-refractivity contribution is 6.62. The van der Waals surface area contributed by atoms with Crippen molar-refractivity contribution in [3.8, 4) is 11.6 Å². The summed E-state index contributed by atoms with van der Waals surface area (Å²) in [5.74, 6) is -0.363. The number of hydrogen-bond donors (Lipinski definition) is 0. The summed E-state index contributed by atoms with van der Waals surface area (Å²) in [7, 11) is -0.685. The molecule has 8 heteroatoms. The molecule has 3 heterocycles. The highest BCUT2D eigenvalue weighted by Gasteiger charge is 2.52. The van der Waals surface area contributed by atoms with Crippen molar-refractivity contribution in [2.45, 2.75) is 45.2 Å². The molecule has 5 nitrogen and oxygen atoms in total. The van der Waals surface area contributed by atoms with Crippen molar-refractivity contribution in [1.29, 1.82) is 0 Å². The fourth-order valence-electron chi connectivity index (χ4n) is 1.97. The van der Waals surface area contributed by atoms with Crippen LogP contribution in [0, 0.1) is 0 Å². The van der Waals surface area contributed by atoms with E-state index in [4.69, 9.17) is 9.31 Å². The van der Waals surface area contributed by atoms with E-state index in [1.165, 1.54) is 12.3 Å². The molecule has 0 amide bonds. The molecule has 1 saturated heterocycles. The van der Waals surface area contributed by atoms with E-state index in [1.807, 2.05) is 27.7 Å². The summed E-state index contributed by atoms with van der Waals surface area (Å²) in [6.07, 6.45) is -2.30. The van der Waals surface area contributed by atoms with Crippen molar-refractivity contribution in [3.05, 3.63) is 12.3 Å². The Hall–Kier alpha value is -1.41. The zero-order chi connectivity index (χ0) is 14.8. The number of hydrogen-bond acceptors (Lipinski definition) is 5. The maximum atomic E-state index is 12.9. The Morgan fingerprint density at radius 2 is 1.65 bits per heavy atom. The molecule has 1 fully saturated rings. The van der Waals surface area contributed by atoms with Gasteiger partial charge in [0.1, 0.15) is 0 Å². The van der Waals surface area contributed by atoms with Crippen molar-refractivity contribution in [2.24, 2.45) is 0 Å². The molecule has 108 valence electrons. The number of alkyl halides is 2. The number of halogens is 2. The van der Waals surface area contributed by atoms with Crippen LogP contribution in [-0.4, -0.2) is 29.6 Å². The molecule has 0 unspecified atom stereocenters. The lowest BCUT2D eigenvalue weighted by Crippen LogP contribution is -2.41. The first-order chi connectivity index (χ1) is 9.10. The Bertz CT molecular complexity index is 548. The minimum atomic E-state index is -3.68. The van der Waals surface area contributed by atoms with E-state index in [0.29, 0.717) is 5.46 Å². The van der Waals surface area contributed by atoms with Gasteiger partial charge in [-0.15, -0.1) is 8.78 Å². The van der Waals surface area contributed by atoms with Crippen molar-refractivity contribution in [3.63, 3.8) is 0 Å². The second kappa shape index (κ2) is 3.82. The summed E-state index contributed by atoms with van der Waals surface area (Å²) in [5, 5.41) is 0. The quantitative estimate of drug-likeness (QED) is 0.735. The van der Waals surface area contributed by atoms with Crippen molar-refractivity contribution >= 4 is 12.6 Å². The highest BCUT2D eigenvalue weighted by Crippen LogP contribution is 2.40. The van der Waals surface area contributed by atoms with Crippen LogP contribution < -0.4 is 14.9 Å². The molecular formula is C12H14BF2NO4. The topological polar surface area (TPSA) is 49.8 Å². The number of ether oxygens (including phenoxy) is 2. The predicted molar refractivity (Wildman–Crippen MR) is 66.2 cm³/mol. The van der Waals surface area contributed by atoms with Crippen LogP contribution in [0.2, 0.25) is 0 Å². The molecule has 20 heavy (non-hydrogen) atoms. The smallest absolute Gasteiger partial charge is 0.399 e. The van der Waals surface area contributed by atoms with Gasteiger partial charge in [0.25, 0.3) is 5.88 Å². The van der Waals surface area contributed by atoms with E-state index in [-0.39, 0.29) is 11.6 Å². The zero-order valence-corrected chi connectivity index (χ0v) is 11.6. The second-order valence-electron chi connectivity index (χ2n) is 5.83. The summed E-state index contributed by atoms with van der Waals surface area (Å²) in [4.78, 5) is 3.81. The van der Waals surface area contributed by atoms with Crippen molar-refractivity contribution < 1.29 is 27.6 Å². The standard InChI is InChI=1S/C12H14BF2NO4/c1-10(2)11(3,4)20-13(19-10)7-5-8-9(16-6-7)18-12(14,15)17-8/h5-6H,1-4H3. The van der Waals surface area contributed by atoms with Gasteiger partial charge in [-0.25, -0.2) is 4.98 Å². The molecule has 2 aliphatic heterocycles. The Labute approximate surface area is 115 Å². The van der Waals surface area contributed by atoms with Crippen LogP contribution in [0.25, 0.3) is 0 Å². The Balaban J connectivity index is 1.88. The minimum absolute atomic E-state index is 0.123. The van der Waals surface area contributed by atoms with Gasteiger partial charge in [0.15, 0.2) is 5.75 Å². The molecule has 0 aromatic carbocycles. The van der Waals surface area contributed by atoms with Crippen LogP contribution in [0.1, 0.15) is 27.7 Å². The Morgan fingerprint density at radius 3 is 2.25 bits per heavy atom. The number of nitrogens with zero attached hydrogens (tertiary/aromatic N) is 1. The van der Waals surface area contributed by atoms with Crippen molar-refractivity contribution in [1.82, 2.24) is 4.98 Å². The van der Waals surface area contributed by atoms with E-state index >= 15 is 0 Å². The molecule has 1 aromatic heterocycles. The normalized spacial score (nSPS) is 25.0. The van der Waals surface area contributed by atoms with Crippen molar-refractivity contribution in [2.75, 3.05) is 0 Å². The summed E-state index contributed by atoms with van der Waals surface area (Å²) in [6, 6.07) is 1.39. The van der Waals surface area contributed by atoms with Gasteiger partial charge < -0.3 is 18.8 Å². The van der Waals surface area contributed by atoms with E-state index in [9.17, 15) is 8.78 Å². The lowest BCUT2D eigenvalue weighted by Gasteiger charge is -2.32. The van der Waals surface area contributed by atoms with Gasteiger partial charge in [0.2, 0.25) is 0 Å². The van der Waals surface area contributed by atoms with Gasteiger partial charge in [-0.05, 0) is 33.8 Å². The minimum Gasteiger partial charge on any atom is -0.399 e. The average Bonchev–Trinajstić information content (AvgIpc) is 2.69. The number of aromatic nitrogens is 1. The lowest BCUT2D eigenvalue weighted by molar-refractivity contribution is -0.287. The van der Waals surface area contributed by atoms with E-state index < -0.39 is 24.6 Å². The Kier molecular flexibility index (Phi) is 2.60. The largest absolute Gasteiger partial charge is 0.587 e. The molecule has 0 aliphatic carbocycles. The van der Waals surface area contributed by atoms with Crippen LogP contribution in [0.3, 0.4) is 0 Å². The molecule has 0 atom stereocenters. The molecule has 0 saturated carbocycles. The fraction of sp³-hybridized carbons (Fsp3) is 0.583. The summed E-state index contributed by atoms with van der Waals surface area (Å²) < 4.78 is 46.1.